The van der Waals surface area contributed by atoms with Crippen molar-refractivity contribution in [3.05, 3.63) is 81.5 Å². The molecule has 2 aromatic heterocycles. The summed E-state index contributed by atoms with van der Waals surface area (Å²) in [6.07, 6.45) is 3.48. The number of piperidine rings is 2. The van der Waals surface area contributed by atoms with Crippen molar-refractivity contribution in [2.45, 2.75) is 47.0 Å². The van der Waals surface area contributed by atoms with E-state index in [1.165, 1.54) is 17.4 Å². The average molecular weight is 791 g/mol. The fourth-order valence-electron chi connectivity index (χ4n) is 6.36. The number of likely N-dealkylation sites (tertiary alicyclic amines) is 2. The van der Waals surface area contributed by atoms with Crippen molar-refractivity contribution in [3.8, 4) is 20.9 Å². The van der Waals surface area contributed by atoms with Crippen LogP contribution in [0.1, 0.15) is 47.0 Å². The van der Waals surface area contributed by atoms with Crippen LogP contribution in [0.2, 0.25) is 0 Å². The topological polar surface area (TPSA) is 192 Å². The molecule has 2 aliphatic heterocycles. The van der Waals surface area contributed by atoms with Crippen LogP contribution in [0.5, 0.6) is 0 Å². The number of anilines is 3. The molecule has 0 aliphatic carbocycles. The molecule has 2 aromatic carbocycles. The first-order chi connectivity index (χ1) is 26.0. The molecule has 2 saturated heterocycles. The lowest BCUT2D eigenvalue weighted by atomic mass is 9.97. The zero-order valence-electron chi connectivity index (χ0n) is 30.3. The molecule has 2 aliphatic rings. The van der Waals surface area contributed by atoms with Crippen LogP contribution in [0.15, 0.2) is 71.4 Å². The number of amides is 6. The van der Waals surface area contributed by atoms with Crippen molar-refractivity contribution in [1.82, 2.24) is 20.4 Å². The Kier molecular flexibility index (Phi) is 15.6. The Labute approximate surface area is 329 Å². The molecule has 6 rings (SSSR count). The Morgan fingerprint density at radius 2 is 1.16 bits per heavy atom. The van der Waals surface area contributed by atoms with Crippen molar-refractivity contribution < 1.29 is 24.1 Å². The van der Waals surface area contributed by atoms with Crippen LogP contribution in [0.4, 0.5) is 32.3 Å². The Hall–Kier alpha value is -5.48. The smallest absolute Gasteiger partial charge is 0.319 e. The molecule has 0 atom stereocenters. The van der Waals surface area contributed by atoms with E-state index in [4.69, 9.17) is 5.73 Å². The lowest BCUT2D eigenvalue weighted by molar-refractivity contribution is -0.383. The highest BCUT2D eigenvalue weighted by atomic mass is 32.1. The number of nitrogens with zero attached hydrogens (tertiary/aromatic N) is 3. The van der Waals surface area contributed by atoms with Crippen molar-refractivity contribution in [2.75, 3.05) is 55.6 Å². The highest BCUT2D eigenvalue weighted by molar-refractivity contribution is 7.13. The number of nitro benzene ring substituents is 1. The Morgan fingerprint density at radius 1 is 0.727 bits per heavy atom. The summed E-state index contributed by atoms with van der Waals surface area (Å²) in [5.41, 5.74) is 9.01. The molecule has 4 aromatic rings. The third-order valence-electron chi connectivity index (χ3n) is 9.58. The zero-order valence-corrected chi connectivity index (χ0v) is 32.0. The summed E-state index contributed by atoms with van der Waals surface area (Å²) in [5, 5.41) is 26.4. The predicted octanol–water partition coefficient (Wildman–Crippen LogP) is 7.72. The number of hydrogen-bond acceptors (Lipinski definition) is 9. The summed E-state index contributed by atoms with van der Waals surface area (Å²) in [7, 11) is 0. The highest BCUT2D eigenvalue weighted by Crippen LogP contribution is 2.33. The van der Waals surface area contributed by atoms with Gasteiger partial charge in [0.1, 0.15) is 5.69 Å². The second-order valence-electron chi connectivity index (χ2n) is 13.3. The molecular weight excluding hydrogens is 741 g/mol. The number of carbonyl (C=O) groups excluding carboxylic acids is 4. The molecular formula is C39H50N8O6S2. The van der Waals surface area contributed by atoms with Crippen LogP contribution in [0.25, 0.3) is 20.9 Å². The first-order valence-corrected chi connectivity index (χ1v) is 19.6. The van der Waals surface area contributed by atoms with Crippen molar-refractivity contribution in [2.24, 2.45) is 11.8 Å². The first kappa shape index (κ1) is 42.3. The Bertz CT molecular complexity index is 1900. The molecule has 55 heavy (non-hydrogen) atoms. The zero-order chi connectivity index (χ0) is 38.6. The van der Waals surface area contributed by atoms with Crippen molar-refractivity contribution in [3.63, 3.8) is 0 Å². The third kappa shape index (κ3) is 12.3. The highest BCUT2D eigenvalue weighted by Gasteiger charge is 2.23. The third-order valence-corrected chi connectivity index (χ3v) is 11.4. The predicted molar refractivity (Wildman–Crippen MR) is 221 cm³/mol. The van der Waals surface area contributed by atoms with E-state index in [0.717, 1.165) is 59.7 Å². The SMILES string of the molecule is C.CC(=O)N1CCC(CNC(=O)Nc2cc(-c3cccs3)ccc2N)CC1.CC(=O)N1CCC(CNC(=O)Nc2cc(-c3cccs3)ccc2[N+](=O)[O-])CC1. The van der Waals surface area contributed by atoms with Crippen LogP contribution in [0, 0.1) is 22.0 Å². The van der Waals surface area contributed by atoms with E-state index in [0.29, 0.717) is 43.5 Å². The van der Waals surface area contributed by atoms with Gasteiger partial charge in [-0.2, -0.15) is 0 Å². The van der Waals surface area contributed by atoms with Gasteiger partial charge in [-0.05, 0) is 95.8 Å². The number of carbonyl (C=O) groups is 4. The van der Waals surface area contributed by atoms with Crippen LogP contribution in [-0.2, 0) is 9.59 Å². The second-order valence-corrected chi connectivity index (χ2v) is 15.2. The van der Waals surface area contributed by atoms with Gasteiger partial charge >= 0.3 is 12.1 Å². The summed E-state index contributed by atoms with van der Waals surface area (Å²) in [5.74, 6) is 0.872. The summed E-state index contributed by atoms with van der Waals surface area (Å²) < 4.78 is 0. The van der Waals surface area contributed by atoms with Crippen LogP contribution in [0.3, 0.4) is 0 Å². The number of urea groups is 2. The van der Waals surface area contributed by atoms with Crippen molar-refractivity contribution >= 4 is 69.3 Å². The standard InChI is InChI=1S/C19H22N4O4S.C19H24N4O2S.CH4/c1-13(24)22-8-6-14(7-9-22)12-20-19(25)21-16-11-15(18-3-2-10-28-18)4-5-17(16)23(26)27;1-13(24)23-8-6-14(7-9-23)12-21-19(25)22-17-11-15(4-5-16(17)20)18-3-2-10-26-18;/h2-5,10-11,14H,6-9,12H2,1H3,(H2,20,21,25);2-5,10-11,14H,6-9,12,20H2,1H3,(H2,21,22,25);1H4. The molecule has 0 saturated carbocycles. The number of rotatable bonds is 9. The molecule has 0 spiro atoms. The lowest BCUT2D eigenvalue weighted by Gasteiger charge is -2.31. The lowest BCUT2D eigenvalue weighted by Crippen LogP contribution is -2.41. The number of nitrogens with two attached hydrogens (primary N) is 1. The van der Waals surface area contributed by atoms with Gasteiger partial charge in [-0.15, -0.1) is 22.7 Å². The van der Waals surface area contributed by atoms with E-state index >= 15 is 0 Å². The van der Waals surface area contributed by atoms with Gasteiger partial charge in [-0.1, -0.05) is 25.6 Å². The number of benzene rings is 2. The number of nitro groups is 1. The Balaban J connectivity index is 0.000000241. The maximum Gasteiger partial charge on any atom is 0.319 e. The van der Waals surface area contributed by atoms with Gasteiger partial charge in [0.25, 0.3) is 5.69 Å². The molecule has 0 unspecified atom stereocenters. The van der Waals surface area contributed by atoms with Gasteiger partial charge in [-0.3, -0.25) is 19.7 Å². The molecule has 0 bridgehead atoms. The van der Waals surface area contributed by atoms with Crippen molar-refractivity contribution in [1.29, 1.82) is 0 Å². The van der Waals surface area contributed by atoms with E-state index in [9.17, 15) is 29.3 Å². The molecule has 6 N–H and O–H groups in total. The number of nitrogens with one attached hydrogen (secondary N) is 4. The van der Waals surface area contributed by atoms with Gasteiger partial charge in [0.05, 0.1) is 16.3 Å². The Morgan fingerprint density at radius 3 is 1.58 bits per heavy atom. The molecule has 0 radical (unpaired) electrons. The fourth-order valence-corrected chi connectivity index (χ4v) is 7.81. The van der Waals surface area contributed by atoms with E-state index < -0.39 is 11.0 Å². The number of hydrogen-bond donors (Lipinski definition) is 5. The van der Waals surface area contributed by atoms with E-state index in [1.807, 2.05) is 58.1 Å². The van der Waals surface area contributed by atoms with Crippen LogP contribution >= 0.6 is 22.7 Å². The molecule has 294 valence electrons. The maximum atomic E-state index is 12.3. The average Bonchev–Trinajstić information content (AvgIpc) is 3.91. The van der Waals surface area contributed by atoms with Gasteiger partial charge in [0.15, 0.2) is 0 Å². The largest absolute Gasteiger partial charge is 0.397 e. The summed E-state index contributed by atoms with van der Waals surface area (Å²) in [6, 6.07) is 17.5. The number of thiophene rings is 2. The summed E-state index contributed by atoms with van der Waals surface area (Å²) >= 11 is 3.17. The molecule has 14 nitrogen and oxygen atoms in total. The maximum absolute atomic E-state index is 12.3. The minimum absolute atomic E-state index is 0. The fraction of sp³-hybridized carbons (Fsp3) is 0.385. The van der Waals surface area contributed by atoms with Gasteiger partial charge in [0, 0.05) is 68.9 Å². The monoisotopic (exact) mass is 790 g/mol. The van der Waals surface area contributed by atoms with Crippen LogP contribution < -0.4 is 27.0 Å². The minimum Gasteiger partial charge on any atom is -0.397 e. The van der Waals surface area contributed by atoms with Crippen LogP contribution in [-0.4, -0.2) is 77.9 Å². The second kappa shape index (κ2) is 20.3. The quantitative estimate of drug-likeness (QED) is 0.0651. The summed E-state index contributed by atoms with van der Waals surface area (Å²) in [4.78, 5) is 63.8. The van der Waals surface area contributed by atoms with Gasteiger partial charge in [-0.25, -0.2) is 9.59 Å². The van der Waals surface area contributed by atoms with E-state index in [1.54, 1.807) is 42.2 Å². The normalized spacial score (nSPS) is 14.4. The minimum atomic E-state index is -0.509. The van der Waals surface area contributed by atoms with Gasteiger partial charge < -0.3 is 36.8 Å². The first-order valence-electron chi connectivity index (χ1n) is 17.8. The van der Waals surface area contributed by atoms with E-state index in [2.05, 4.69) is 21.3 Å². The molecule has 6 amide bonds. The molecule has 16 heteroatoms. The molecule has 2 fully saturated rings. The number of nitrogen functional groups attached to an aromatic ring is 1. The van der Waals surface area contributed by atoms with Gasteiger partial charge in [0.2, 0.25) is 11.8 Å². The molecule has 4 heterocycles. The van der Waals surface area contributed by atoms with E-state index in [-0.39, 0.29) is 42.6 Å². The summed E-state index contributed by atoms with van der Waals surface area (Å²) in [6.45, 7) is 7.13.